The average Bonchev–Trinajstić information content (AvgIpc) is 2.29. The van der Waals surface area contributed by atoms with Gasteiger partial charge in [-0.15, -0.1) is 0 Å². The van der Waals surface area contributed by atoms with Crippen molar-refractivity contribution in [3.8, 4) is 0 Å². The zero-order valence-corrected chi connectivity index (χ0v) is 14.5. The molecule has 1 aromatic heterocycles. The minimum atomic E-state index is -0.0859. The summed E-state index contributed by atoms with van der Waals surface area (Å²) >= 11 is 16.1. The second-order valence-electron chi connectivity index (χ2n) is 3.68. The summed E-state index contributed by atoms with van der Waals surface area (Å²) in [5.74, 6) is 0. The van der Waals surface area contributed by atoms with Crippen molar-refractivity contribution in [3.05, 3.63) is 64.8 Å². The summed E-state index contributed by atoms with van der Waals surface area (Å²) in [6, 6.07) is 7.34. The predicted molar refractivity (Wildman–Crippen MR) is 84.4 cm³/mol. The summed E-state index contributed by atoms with van der Waals surface area (Å²) in [7, 11) is 0. The lowest BCUT2D eigenvalue weighted by atomic mass is 10.2. The van der Waals surface area contributed by atoms with E-state index in [2.05, 4.69) is 47.8 Å². The number of nitrogens with zero attached hydrogens (tertiary/aromatic N) is 1. The Morgan fingerprint density at radius 1 is 1.11 bits per heavy atom. The van der Waals surface area contributed by atoms with Crippen LogP contribution in [0.15, 0.2) is 48.7 Å². The fourth-order valence-corrected chi connectivity index (χ4v) is 3.51. The standard InChI is InChI=1S/C12H7Br3ClNO/c13-8-2-1-7(11(16)4-8)5-17-6-9(14)3-10(15)12(17)18/h1-4,6H,5H2. The minimum Gasteiger partial charge on any atom is -0.309 e. The summed E-state index contributed by atoms with van der Waals surface area (Å²) in [6.07, 6.45) is 1.74. The molecule has 0 aliphatic rings. The van der Waals surface area contributed by atoms with Gasteiger partial charge in [-0.2, -0.15) is 0 Å². The van der Waals surface area contributed by atoms with Gasteiger partial charge in [-0.25, -0.2) is 0 Å². The third-order valence-corrected chi connectivity index (χ3v) is 4.21. The van der Waals surface area contributed by atoms with E-state index in [4.69, 9.17) is 11.6 Å². The van der Waals surface area contributed by atoms with E-state index in [0.29, 0.717) is 16.0 Å². The van der Waals surface area contributed by atoms with Crippen molar-refractivity contribution >= 4 is 59.4 Å². The summed E-state index contributed by atoms with van der Waals surface area (Å²) in [4.78, 5) is 11.9. The van der Waals surface area contributed by atoms with Crippen molar-refractivity contribution in [1.29, 1.82) is 0 Å². The Hall–Kier alpha value is -0.100. The normalized spacial score (nSPS) is 10.7. The first-order chi connectivity index (χ1) is 8.47. The highest BCUT2D eigenvalue weighted by Crippen LogP contribution is 2.22. The molecular formula is C12H7Br3ClNO. The van der Waals surface area contributed by atoms with Crippen molar-refractivity contribution in [2.24, 2.45) is 0 Å². The maximum absolute atomic E-state index is 11.9. The third-order valence-electron chi connectivity index (χ3n) is 2.36. The molecule has 1 aromatic carbocycles. The maximum Gasteiger partial charge on any atom is 0.265 e. The Morgan fingerprint density at radius 2 is 1.83 bits per heavy atom. The fourth-order valence-electron chi connectivity index (χ4n) is 1.52. The topological polar surface area (TPSA) is 22.0 Å². The van der Waals surface area contributed by atoms with Crippen LogP contribution in [0.4, 0.5) is 0 Å². The number of hydrogen-bond acceptors (Lipinski definition) is 1. The smallest absolute Gasteiger partial charge is 0.265 e. The van der Waals surface area contributed by atoms with E-state index in [9.17, 15) is 4.79 Å². The molecule has 2 aromatic rings. The molecule has 2 rings (SSSR count). The highest BCUT2D eigenvalue weighted by Gasteiger charge is 2.06. The average molecular weight is 456 g/mol. The monoisotopic (exact) mass is 453 g/mol. The zero-order chi connectivity index (χ0) is 13.3. The molecule has 0 amide bonds. The van der Waals surface area contributed by atoms with Gasteiger partial charge in [0.05, 0.1) is 11.0 Å². The lowest BCUT2D eigenvalue weighted by molar-refractivity contribution is 0.752. The van der Waals surface area contributed by atoms with E-state index >= 15 is 0 Å². The molecule has 18 heavy (non-hydrogen) atoms. The van der Waals surface area contributed by atoms with E-state index in [-0.39, 0.29) is 5.56 Å². The summed E-state index contributed by atoms with van der Waals surface area (Å²) < 4.78 is 3.87. The molecule has 0 spiro atoms. The summed E-state index contributed by atoms with van der Waals surface area (Å²) in [5, 5.41) is 0.632. The molecule has 0 atom stereocenters. The van der Waals surface area contributed by atoms with Crippen LogP contribution in [0.2, 0.25) is 5.02 Å². The molecular weight excluding hydrogens is 449 g/mol. The Labute approximate surface area is 134 Å². The van der Waals surface area contributed by atoms with Crippen LogP contribution in [0.3, 0.4) is 0 Å². The zero-order valence-electron chi connectivity index (χ0n) is 8.96. The number of pyridine rings is 1. The van der Waals surface area contributed by atoms with Crippen molar-refractivity contribution in [2.75, 3.05) is 0 Å². The van der Waals surface area contributed by atoms with Crippen LogP contribution < -0.4 is 5.56 Å². The van der Waals surface area contributed by atoms with Gasteiger partial charge in [-0.1, -0.05) is 33.6 Å². The molecule has 2 nitrogen and oxygen atoms in total. The fraction of sp³-hybridized carbons (Fsp3) is 0.0833. The van der Waals surface area contributed by atoms with Gasteiger partial charge in [0, 0.05) is 20.2 Å². The van der Waals surface area contributed by atoms with Crippen LogP contribution in [-0.4, -0.2) is 4.57 Å². The number of benzene rings is 1. The number of rotatable bonds is 2. The molecule has 0 unspecified atom stereocenters. The minimum absolute atomic E-state index is 0.0859. The van der Waals surface area contributed by atoms with Gasteiger partial charge < -0.3 is 4.57 Å². The van der Waals surface area contributed by atoms with Crippen LogP contribution in [0.25, 0.3) is 0 Å². The van der Waals surface area contributed by atoms with Crippen LogP contribution in [-0.2, 0) is 6.54 Å². The molecule has 0 fully saturated rings. The van der Waals surface area contributed by atoms with E-state index in [0.717, 1.165) is 14.5 Å². The maximum atomic E-state index is 11.9. The second-order valence-corrected chi connectivity index (χ2v) is 6.77. The van der Waals surface area contributed by atoms with Gasteiger partial charge in [0.25, 0.3) is 5.56 Å². The Kier molecular flexibility index (Phi) is 4.69. The van der Waals surface area contributed by atoms with Crippen molar-refractivity contribution < 1.29 is 0 Å². The molecule has 6 heteroatoms. The third kappa shape index (κ3) is 3.26. The molecule has 0 aliphatic carbocycles. The molecule has 0 bridgehead atoms. The number of aromatic nitrogens is 1. The molecule has 0 aliphatic heterocycles. The molecule has 1 heterocycles. The van der Waals surface area contributed by atoms with Crippen LogP contribution in [0.1, 0.15) is 5.56 Å². The van der Waals surface area contributed by atoms with Gasteiger partial charge in [0.2, 0.25) is 0 Å². The van der Waals surface area contributed by atoms with Crippen LogP contribution in [0, 0.1) is 0 Å². The van der Waals surface area contributed by atoms with E-state index in [1.165, 1.54) is 0 Å². The summed E-state index contributed by atoms with van der Waals surface area (Å²) in [5.41, 5.74) is 0.809. The van der Waals surface area contributed by atoms with Crippen LogP contribution >= 0.6 is 59.4 Å². The van der Waals surface area contributed by atoms with Gasteiger partial charge in [-0.3, -0.25) is 4.79 Å². The lowest BCUT2D eigenvalue weighted by Gasteiger charge is -2.09. The van der Waals surface area contributed by atoms with Crippen molar-refractivity contribution in [2.45, 2.75) is 6.54 Å². The number of halogens is 4. The van der Waals surface area contributed by atoms with E-state index in [1.807, 2.05) is 18.2 Å². The molecule has 94 valence electrons. The first kappa shape index (κ1) is 14.3. The van der Waals surface area contributed by atoms with Gasteiger partial charge >= 0.3 is 0 Å². The van der Waals surface area contributed by atoms with Crippen LogP contribution in [0.5, 0.6) is 0 Å². The highest BCUT2D eigenvalue weighted by atomic mass is 79.9. The second kappa shape index (κ2) is 5.90. The van der Waals surface area contributed by atoms with E-state index in [1.54, 1.807) is 16.8 Å². The van der Waals surface area contributed by atoms with Gasteiger partial charge in [0.1, 0.15) is 0 Å². The van der Waals surface area contributed by atoms with Gasteiger partial charge in [-0.05, 0) is 55.6 Å². The SMILES string of the molecule is O=c1c(Br)cc(Br)cn1Cc1ccc(Br)cc1Cl. The molecule has 0 N–H and O–H groups in total. The van der Waals surface area contributed by atoms with Crippen molar-refractivity contribution in [3.63, 3.8) is 0 Å². The molecule has 0 saturated carbocycles. The molecule has 0 radical (unpaired) electrons. The highest BCUT2D eigenvalue weighted by molar-refractivity contribution is 9.11. The van der Waals surface area contributed by atoms with Crippen molar-refractivity contribution in [1.82, 2.24) is 4.57 Å². The van der Waals surface area contributed by atoms with E-state index < -0.39 is 0 Å². The van der Waals surface area contributed by atoms with Gasteiger partial charge in [0.15, 0.2) is 0 Å². The first-order valence-electron chi connectivity index (χ1n) is 4.97. The molecule has 0 saturated heterocycles. The quantitative estimate of drug-likeness (QED) is 0.634. The summed E-state index contributed by atoms with van der Waals surface area (Å²) in [6.45, 7) is 0.434. The predicted octanol–water partition coefficient (Wildman–Crippen LogP) is 4.84. The Morgan fingerprint density at radius 3 is 2.50 bits per heavy atom. The first-order valence-corrected chi connectivity index (χ1v) is 7.72. The Bertz CT molecular complexity index is 654. The number of hydrogen-bond donors (Lipinski definition) is 0. The largest absolute Gasteiger partial charge is 0.309 e. The Balaban J connectivity index is 2.43. The lowest BCUT2D eigenvalue weighted by Crippen LogP contribution is -2.20.